The molecule has 23 heteroatoms. The Kier molecular flexibility index (Phi) is 35.1. The van der Waals surface area contributed by atoms with E-state index in [1.165, 1.54) is 23.6 Å². The van der Waals surface area contributed by atoms with Gasteiger partial charge in [0.1, 0.15) is 34.2 Å². The SMILES string of the molecule is CCC(C)[C@H](CC(=O)C(C)(C)N(C)C)C(=O)N(CCCCC(=O)C(C)CC(=O)C(CCCCNC(=O)CCOCCO)CC(=O)CCCN1C(=O)CC(SC)C1=O)[C@H](C[C@@H](OC(C)=O)c1nc(C(=O)N[C@@H](Cc2ccc(C)cc2)CC(C)OC=O)cs1)C(C)C. The lowest BCUT2D eigenvalue weighted by atomic mass is 9.81. The molecule has 3 N–H and O–H groups in total. The average Bonchev–Trinajstić information content (AvgIpc) is 1.56. The standard InChI is InChI=1S/C67H104N6O15S2/c1-14-45(5)53(38-60(80)67(9,10)71(11)12)65(84)72(55(43(2)3)39-58(88-48(8)76)64-70-54(41-90-64)63(83)69-51(35-47(7)87-42-75)36-49-25-23-44(4)24-26-49)29-18-16-22-56(78)46(6)34-57(79)50(20-15-17-28-68-61(81)27-32-86-33-31-74)37-52(77)21-19-30-73-62(82)40-59(89-13)66(73)85/h23-26,41-43,45-47,50-51,53,55,58-59,74H,14-22,27-40H2,1-13H3,(H,68,81)(H,69,83)/t45?,46?,47?,50?,51-,53+,55-,58-,59?/m1/s1. The molecule has 1 aliphatic heterocycles. The van der Waals surface area contributed by atoms with E-state index >= 15 is 4.79 Å². The number of thioether (sulfide) groups is 1. The quantitative estimate of drug-likeness (QED) is 0.0242. The summed E-state index contributed by atoms with van der Waals surface area (Å²) < 4.78 is 16.4. The van der Waals surface area contributed by atoms with E-state index in [4.69, 9.17) is 24.3 Å². The molecule has 5 amide bonds. The number of carbonyl (C=O) groups is 11. The van der Waals surface area contributed by atoms with Crippen molar-refractivity contribution in [2.45, 2.75) is 213 Å². The van der Waals surface area contributed by atoms with Crippen molar-refractivity contribution in [3.05, 3.63) is 51.5 Å². The fourth-order valence-corrected chi connectivity index (χ4v) is 12.4. The van der Waals surface area contributed by atoms with Crippen LogP contribution in [0.15, 0.2) is 29.6 Å². The number of amides is 5. The number of hydrogen-bond donors (Lipinski definition) is 3. The lowest BCUT2D eigenvalue weighted by molar-refractivity contribution is -0.150. The third kappa shape index (κ3) is 26.5. The molecule has 2 heterocycles. The summed E-state index contributed by atoms with van der Waals surface area (Å²) in [5.41, 5.74) is 1.26. The van der Waals surface area contributed by atoms with Crippen LogP contribution in [0, 0.1) is 36.5 Å². The van der Waals surface area contributed by atoms with Gasteiger partial charge in [-0.25, -0.2) is 4.98 Å². The first-order valence-corrected chi connectivity index (χ1v) is 34.2. The summed E-state index contributed by atoms with van der Waals surface area (Å²) in [6, 6.07) is 6.88. The van der Waals surface area contributed by atoms with E-state index in [2.05, 4.69) is 10.6 Å². The smallest absolute Gasteiger partial charge is 0.303 e. The van der Waals surface area contributed by atoms with E-state index in [1.54, 1.807) is 30.4 Å². The summed E-state index contributed by atoms with van der Waals surface area (Å²) in [6.45, 7) is 19.3. The molecule has 1 aromatic carbocycles. The normalized spacial score (nSPS) is 16.2. The summed E-state index contributed by atoms with van der Waals surface area (Å²) in [5, 5.41) is 16.3. The molecule has 1 aromatic heterocycles. The number of nitrogens with zero attached hydrogens (tertiary/aromatic N) is 4. The third-order valence-corrected chi connectivity index (χ3v) is 19.2. The minimum atomic E-state index is -0.995. The number of likely N-dealkylation sites (tertiary alicyclic amines) is 1. The maximum absolute atomic E-state index is 15.5. The number of Topliss-reactive ketones (excluding diaryl/α,β-unsaturated/α-hetero) is 4. The molecule has 0 bridgehead atoms. The zero-order chi connectivity index (χ0) is 67.3. The van der Waals surface area contributed by atoms with E-state index in [0.29, 0.717) is 69.4 Å². The predicted octanol–water partition coefficient (Wildman–Crippen LogP) is 8.42. The van der Waals surface area contributed by atoms with Crippen LogP contribution >= 0.6 is 23.1 Å². The molecule has 0 saturated carbocycles. The van der Waals surface area contributed by atoms with Crippen molar-refractivity contribution >= 4 is 88.2 Å². The van der Waals surface area contributed by atoms with Gasteiger partial charge in [-0.15, -0.1) is 11.3 Å². The number of aromatic nitrogens is 1. The van der Waals surface area contributed by atoms with Crippen molar-refractivity contribution in [3.63, 3.8) is 0 Å². The van der Waals surface area contributed by atoms with Gasteiger partial charge >= 0.3 is 5.97 Å². The monoisotopic (exact) mass is 1300 g/mol. The Labute approximate surface area is 542 Å². The molecule has 1 fully saturated rings. The van der Waals surface area contributed by atoms with Crippen LogP contribution in [0.3, 0.4) is 0 Å². The molecule has 5 unspecified atom stereocenters. The molecule has 2 aromatic rings. The molecular formula is C67H104N6O15S2. The van der Waals surface area contributed by atoms with Crippen molar-refractivity contribution in [2.75, 3.05) is 59.8 Å². The maximum atomic E-state index is 15.5. The van der Waals surface area contributed by atoms with Crippen LogP contribution in [0.1, 0.15) is 198 Å². The summed E-state index contributed by atoms with van der Waals surface area (Å²) in [4.78, 5) is 156. The van der Waals surface area contributed by atoms with Crippen LogP contribution in [0.2, 0.25) is 0 Å². The first kappa shape index (κ1) is 78.5. The van der Waals surface area contributed by atoms with Crippen LogP contribution in [-0.2, 0) is 68.6 Å². The van der Waals surface area contributed by atoms with Crippen molar-refractivity contribution in [3.8, 4) is 0 Å². The summed E-state index contributed by atoms with van der Waals surface area (Å²) in [5.74, 6) is -5.38. The van der Waals surface area contributed by atoms with Gasteiger partial charge in [0.2, 0.25) is 23.6 Å². The molecule has 1 aliphatic rings. The van der Waals surface area contributed by atoms with Crippen molar-refractivity contribution in [1.29, 1.82) is 0 Å². The molecule has 0 spiro atoms. The summed E-state index contributed by atoms with van der Waals surface area (Å²) in [7, 11) is 3.64. The van der Waals surface area contributed by atoms with E-state index in [9.17, 15) is 47.9 Å². The molecule has 0 aliphatic carbocycles. The number of benzene rings is 1. The number of nitrogens with one attached hydrogen (secondary N) is 2. The zero-order valence-electron chi connectivity index (χ0n) is 55.8. The number of ketones is 4. The molecule has 1 saturated heterocycles. The van der Waals surface area contributed by atoms with Crippen LogP contribution < -0.4 is 10.6 Å². The number of hydrogen-bond acceptors (Lipinski definition) is 19. The van der Waals surface area contributed by atoms with E-state index in [-0.39, 0.29) is 155 Å². The molecule has 0 radical (unpaired) electrons. The number of likely N-dealkylation sites (N-methyl/N-ethyl adjacent to an activating group) is 1. The molecule has 9 atom stereocenters. The Morgan fingerprint density at radius 3 is 2.21 bits per heavy atom. The molecule has 90 heavy (non-hydrogen) atoms. The highest BCUT2D eigenvalue weighted by molar-refractivity contribution is 8.00. The van der Waals surface area contributed by atoms with Crippen molar-refractivity contribution in [1.82, 2.24) is 30.3 Å². The second kappa shape index (κ2) is 40.3. The van der Waals surface area contributed by atoms with Crippen molar-refractivity contribution < 1.29 is 72.1 Å². The Bertz CT molecular complexity index is 2660. The largest absolute Gasteiger partial charge is 0.465 e. The van der Waals surface area contributed by atoms with E-state index in [1.807, 2.05) is 91.7 Å². The van der Waals surface area contributed by atoms with Gasteiger partial charge in [0.15, 0.2) is 11.9 Å². The summed E-state index contributed by atoms with van der Waals surface area (Å²) in [6.07, 6.45) is 4.25. The number of thiazole rings is 1. The highest BCUT2D eigenvalue weighted by atomic mass is 32.2. The number of imide groups is 1. The average molecular weight is 1300 g/mol. The number of esters is 1. The number of carbonyl (C=O) groups excluding carboxylic acids is 11. The minimum absolute atomic E-state index is 0.0290. The Morgan fingerprint density at radius 2 is 1.60 bits per heavy atom. The number of unbranched alkanes of at least 4 members (excludes halogenated alkanes) is 2. The Morgan fingerprint density at radius 1 is 0.900 bits per heavy atom. The van der Waals surface area contributed by atoms with E-state index < -0.39 is 64.7 Å². The second-order valence-electron chi connectivity index (χ2n) is 25.2. The van der Waals surface area contributed by atoms with Gasteiger partial charge in [0, 0.05) is 120 Å². The number of aryl methyl sites for hydroxylation is 1. The second-order valence-corrected chi connectivity index (χ2v) is 27.2. The highest BCUT2D eigenvalue weighted by Gasteiger charge is 2.41. The van der Waals surface area contributed by atoms with Crippen LogP contribution in [0.25, 0.3) is 0 Å². The van der Waals surface area contributed by atoms with Crippen LogP contribution in [-0.4, -0.2) is 179 Å². The molecule has 21 nitrogen and oxygen atoms in total. The lowest BCUT2D eigenvalue weighted by Crippen LogP contribution is -2.51. The number of aliphatic hydroxyl groups excluding tert-OH is 1. The number of aliphatic hydroxyl groups is 1. The first-order valence-electron chi connectivity index (χ1n) is 32.1. The topological polar surface area (TPSA) is 282 Å². The first-order chi connectivity index (χ1) is 42.6. The predicted molar refractivity (Wildman–Crippen MR) is 347 cm³/mol. The fraction of sp³-hybridized carbons (Fsp3) is 0.701. The zero-order valence-corrected chi connectivity index (χ0v) is 57.4. The molecule has 504 valence electrons. The minimum Gasteiger partial charge on any atom is -0.465 e. The lowest BCUT2D eigenvalue weighted by Gasteiger charge is -2.40. The maximum Gasteiger partial charge on any atom is 0.303 e. The Hall–Kier alpha value is -5.75. The van der Waals surface area contributed by atoms with Crippen LogP contribution in [0.5, 0.6) is 0 Å². The van der Waals surface area contributed by atoms with Crippen LogP contribution in [0.4, 0.5) is 0 Å². The van der Waals surface area contributed by atoms with Gasteiger partial charge in [-0.3, -0.25) is 62.5 Å². The van der Waals surface area contributed by atoms with Crippen molar-refractivity contribution in [2.24, 2.45) is 29.6 Å². The van der Waals surface area contributed by atoms with Gasteiger partial charge in [0.25, 0.3) is 12.4 Å². The summed E-state index contributed by atoms with van der Waals surface area (Å²) >= 11 is 2.45. The molecule has 3 rings (SSSR count). The number of ether oxygens (including phenoxy) is 3. The third-order valence-electron chi connectivity index (χ3n) is 17.3. The van der Waals surface area contributed by atoms with Gasteiger partial charge in [0.05, 0.1) is 30.6 Å². The fourth-order valence-electron chi connectivity index (χ4n) is 10.9. The molecular weight excluding hydrogens is 1190 g/mol. The Balaban J connectivity index is 1.88. The number of rotatable bonds is 47. The van der Waals surface area contributed by atoms with Gasteiger partial charge in [-0.05, 0) is 104 Å². The highest BCUT2D eigenvalue weighted by Crippen LogP contribution is 2.35. The van der Waals surface area contributed by atoms with Gasteiger partial charge < -0.3 is 34.9 Å². The van der Waals surface area contributed by atoms with Gasteiger partial charge in [-0.2, -0.15) is 11.8 Å². The van der Waals surface area contributed by atoms with Gasteiger partial charge in [-0.1, -0.05) is 77.3 Å². The van der Waals surface area contributed by atoms with E-state index in [0.717, 1.165) is 22.5 Å².